The first kappa shape index (κ1) is 14.0. The molecule has 4 nitrogen and oxygen atoms in total. The highest BCUT2D eigenvalue weighted by atomic mass is 28.4. The van der Waals surface area contributed by atoms with Crippen LogP contribution >= 0.6 is 0 Å². The Morgan fingerprint density at radius 3 is 2.22 bits per heavy atom. The highest BCUT2D eigenvalue weighted by molar-refractivity contribution is 6.73. The molecule has 0 spiro atoms. The van der Waals surface area contributed by atoms with E-state index in [1.54, 1.807) is 0 Å². The fourth-order valence-corrected chi connectivity index (χ4v) is 5.68. The Hall–Kier alpha value is -0.393. The summed E-state index contributed by atoms with van der Waals surface area (Å²) in [5.74, 6) is 0.0698. The molecule has 0 radical (unpaired) electrons. The maximum absolute atomic E-state index is 11.8. The smallest absolute Gasteiger partial charge is 0.250 e. The third-order valence-electron chi connectivity index (χ3n) is 4.78. The molecular weight excluding hydrogens is 246 g/mol. The van der Waals surface area contributed by atoms with Crippen LogP contribution in [0.2, 0.25) is 18.1 Å². The van der Waals surface area contributed by atoms with E-state index in [4.69, 9.17) is 9.16 Å². The molecule has 2 heterocycles. The molecular formula is C13H25NO3Si. The van der Waals surface area contributed by atoms with E-state index in [9.17, 15) is 4.79 Å². The van der Waals surface area contributed by atoms with Crippen molar-refractivity contribution in [3.05, 3.63) is 0 Å². The lowest BCUT2D eigenvalue weighted by molar-refractivity contribution is -0.175. The van der Waals surface area contributed by atoms with Crippen molar-refractivity contribution < 1.29 is 14.0 Å². The van der Waals surface area contributed by atoms with Gasteiger partial charge in [0.25, 0.3) is 0 Å². The van der Waals surface area contributed by atoms with Gasteiger partial charge >= 0.3 is 0 Å². The van der Waals surface area contributed by atoms with Crippen molar-refractivity contribution in [2.45, 2.75) is 58.0 Å². The second-order valence-corrected chi connectivity index (χ2v) is 10.6. The second kappa shape index (κ2) is 4.94. The van der Waals surface area contributed by atoms with Gasteiger partial charge in [-0.2, -0.15) is 0 Å². The molecule has 0 aliphatic carbocycles. The van der Waals surface area contributed by atoms with Crippen LogP contribution in [0.25, 0.3) is 0 Å². The highest BCUT2D eigenvalue weighted by Crippen LogP contribution is 2.38. The number of hydrogen-bond donors (Lipinski definition) is 1. The van der Waals surface area contributed by atoms with E-state index in [0.29, 0.717) is 0 Å². The molecule has 2 rings (SSSR count). The van der Waals surface area contributed by atoms with Crippen molar-refractivity contribution in [3.63, 3.8) is 0 Å². The first-order valence-electron chi connectivity index (χ1n) is 7.06. The fraction of sp³-hybridized carbons (Fsp3) is 0.923. The maximum Gasteiger partial charge on any atom is 0.250 e. The molecule has 2 aliphatic rings. The lowest BCUT2D eigenvalue weighted by atomic mass is 9.74. The molecule has 5 heteroatoms. The summed E-state index contributed by atoms with van der Waals surface area (Å²) in [4.78, 5) is 11.8. The molecule has 1 N–H and O–H groups in total. The van der Waals surface area contributed by atoms with Crippen LogP contribution in [0.3, 0.4) is 0 Å². The van der Waals surface area contributed by atoms with Gasteiger partial charge in [-0.25, -0.2) is 0 Å². The van der Waals surface area contributed by atoms with Crippen molar-refractivity contribution in [1.29, 1.82) is 0 Å². The van der Waals surface area contributed by atoms with Gasteiger partial charge in [0.05, 0.1) is 19.3 Å². The number of nitrogens with one attached hydrogen (secondary N) is 1. The van der Waals surface area contributed by atoms with Crippen molar-refractivity contribution in [3.8, 4) is 0 Å². The zero-order valence-corrected chi connectivity index (χ0v) is 12.9. The van der Waals surface area contributed by atoms with Crippen molar-refractivity contribution in [2.75, 3.05) is 13.2 Å². The molecule has 0 saturated carbocycles. The topological polar surface area (TPSA) is 47.6 Å². The molecule has 18 heavy (non-hydrogen) atoms. The molecule has 104 valence electrons. The van der Waals surface area contributed by atoms with Crippen LogP contribution in [0, 0.1) is 5.41 Å². The van der Waals surface area contributed by atoms with Crippen LogP contribution < -0.4 is 5.32 Å². The molecule has 2 fully saturated rings. The molecule has 1 amide bonds. The van der Waals surface area contributed by atoms with Gasteiger partial charge in [0, 0.05) is 5.41 Å². The number of β-lactam (4-membered cyclic amide) rings is 1. The van der Waals surface area contributed by atoms with Gasteiger partial charge in [-0.15, -0.1) is 0 Å². The molecule has 0 aromatic carbocycles. The Balaban J connectivity index is 2.04. The summed E-state index contributed by atoms with van der Waals surface area (Å²) in [5.41, 5.74) is 0.0773. The molecule has 0 aromatic heterocycles. The van der Waals surface area contributed by atoms with Gasteiger partial charge < -0.3 is 14.5 Å². The Bertz CT molecular complexity index is 318. The third-order valence-corrected chi connectivity index (χ3v) is 9.40. The van der Waals surface area contributed by atoms with Crippen molar-refractivity contribution in [2.24, 2.45) is 5.41 Å². The monoisotopic (exact) mass is 271 g/mol. The summed E-state index contributed by atoms with van der Waals surface area (Å²) in [6.07, 6.45) is -0.231. The number of ether oxygens (including phenoxy) is 1. The van der Waals surface area contributed by atoms with Gasteiger partial charge in [0.2, 0.25) is 5.91 Å². The minimum atomic E-state index is -1.70. The summed E-state index contributed by atoms with van der Waals surface area (Å²) in [7, 11) is -1.70. The van der Waals surface area contributed by atoms with Crippen LogP contribution in [0.4, 0.5) is 0 Å². The largest absolute Gasteiger partial charge is 0.403 e. The van der Waals surface area contributed by atoms with E-state index in [1.165, 1.54) is 0 Å². The lowest BCUT2D eigenvalue weighted by Gasteiger charge is -2.53. The highest BCUT2D eigenvalue weighted by Gasteiger charge is 2.56. The number of hydrogen-bond acceptors (Lipinski definition) is 3. The number of amides is 1. The minimum Gasteiger partial charge on any atom is -0.403 e. The lowest BCUT2D eigenvalue weighted by Crippen LogP contribution is -2.74. The molecule has 0 aromatic rings. The van der Waals surface area contributed by atoms with Crippen LogP contribution in [0.1, 0.15) is 27.7 Å². The van der Waals surface area contributed by atoms with E-state index in [0.717, 1.165) is 31.3 Å². The van der Waals surface area contributed by atoms with E-state index in [2.05, 4.69) is 33.0 Å². The zero-order chi connectivity index (χ0) is 13.4. The quantitative estimate of drug-likeness (QED) is 0.593. The average Bonchev–Trinajstić information content (AvgIpc) is 2.35. The summed E-state index contributed by atoms with van der Waals surface area (Å²) in [6, 6.07) is 3.41. The predicted octanol–water partition coefficient (Wildman–Crippen LogP) is 1.91. The maximum atomic E-state index is 11.8. The van der Waals surface area contributed by atoms with E-state index < -0.39 is 8.32 Å². The van der Waals surface area contributed by atoms with Gasteiger partial charge in [-0.1, -0.05) is 27.7 Å². The zero-order valence-electron chi connectivity index (χ0n) is 11.9. The SMILES string of the molecule is CC[Si](CC)(CC)OC1C(=O)NC1C1(C)COC1. The summed E-state index contributed by atoms with van der Waals surface area (Å²) >= 11 is 0. The van der Waals surface area contributed by atoms with Gasteiger partial charge in [0.1, 0.15) is 6.10 Å². The van der Waals surface area contributed by atoms with E-state index >= 15 is 0 Å². The van der Waals surface area contributed by atoms with Crippen molar-refractivity contribution >= 4 is 14.2 Å². The average molecular weight is 271 g/mol. The second-order valence-electron chi connectivity index (χ2n) is 5.92. The molecule has 0 bridgehead atoms. The first-order valence-corrected chi connectivity index (χ1v) is 9.59. The Morgan fingerprint density at radius 2 is 1.89 bits per heavy atom. The van der Waals surface area contributed by atoms with Crippen LogP contribution in [0.5, 0.6) is 0 Å². The predicted molar refractivity (Wildman–Crippen MR) is 72.9 cm³/mol. The van der Waals surface area contributed by atoms with E-state index in [1.807, 2.05) is 0 Å². The van der Waals surface area contributed by atoms with Gasteiger partial charge in [-0.3, -0.25) is 4.79 Å². The summed E-state index contributed by atoms with van der Waals surface area (Å²) in [6.45, 7) is 10.2. The van der Waals surface area contributed by atoms with Crippen LogP contribution in [-0.2, 0) is 14.0 Å². The summed E-state index contributed by atoms with van der Waals surface area (Å²) in [5, 5.41) is 3.01. The molecule has 2 atom stereocenters. The number of rotatable bonds is 6. The van der Waals surface area contributed by atoms with Crippen LogP contribution in [-0.4, -0.2) is 39.6 Å². The normalized spacial score (nSPS) is 30.3. The Kier molecular flexibility index (Phi) is 3.85. The van der Waals surface area contributed by atoms with E-state index in [-0.39, 0.29) is 23.5 Å². The van der Waals surface area contributed by atoms with Crippen molar-refractivity contribution in [1.82, 2.24) is 5.32 Å². The van der Waals surface area contributed by atoms with Crippen LogP contribution in [0.15, 0.2) is 0 Å². The number of carbonyl (C=O) groups excluding carboxylic acids is 1. The Labute approximate surface area is 111 Å². The third kappa shape index (κ3) is 2.12. The molecule has 2 saturated heterocycles. The fourth-order valence-electron chi connectivity index (χ4n) is 2.90. The first-order chi connectivity index (χ1) is 8.50. The summed E-state index contributed by atoms with van der Waals surface area (Å²) < 4.78 is 11.6. The van der Waals surface area contributed by atoms with Gasteiger partial charge in [0.15, 0.2) is 8.32 Å². The van der Waals surface area contributed by atoms with Gasteiger partial charge in [-0.05, 0) is 18.1 Å². The molecule has 2 unspecified atom stereocenters. The molecule has 2 aliphatic heterocycles. The standard InChI is InChI=1S/C13H25NO3Si/c1-5-18(6-2,7-3)17-10-11(14-12(10)15)13(4)8-16-9-13/h10-11H,5-9H2,1-4H3,(H,14,15). The minimum absolute atomic E-state index is 0.0698. The number of carbonyl (C=O) groups is 1. The Morgan fingerprint density at radius 1 is 1.33 bits per heavy atom.